The monoisotopic (exact) mass is 353 g/mol. The molecular formula is C16H16ClNO4S. The molecule has 2 aromatic rings. The largest absolute Gasteiger partial charge is 0.307 e. The van der Waals surface area contributed by atoms with Gasteiger partial charge in [-0.05, 0) is 43.1 Å². The number of alkyl halides is 1. The highest BCUT2D eigenvalue weighted by molar-refractivity contribution is 7.91. The van der Waals surface area contributed by atoms with Gasteiger partial charge >= 0.3 is 5.50 Å². The number of benzene rings is 2. The van der Waals surface area contributed by atoms with Crippen molar-refractivity contribution in [2.75, 3.05) is 0 Å². The molecule has 0 aliphatic heterocycles. The smallest absolute Gasteiger partial charge is 0.263 e. The maximum Gasteiger partial charge on any atom is 0.307 e. The Morgan fingerprint density at radius 3 is 1.83 bits per heavy atom. The van der Waals surface area contributed by atoms with Crippen LogP contribution in [0.1, 0.15) is 21.9 Å². The molecule has 0 amide bonds. The first-order chi connectivity index (χ1) is 10.7. The Morgan fingerprint density at radius 1 is 0.957 bits per heavy atom. The van der Waals surface area contributed by atoms with Crippen molar-refractivity contribution in [2.24, 2.45) is 0 Å². The Balaban J connectivity index is 2.58. The normalized spacial score (nSPS) is 14.2. The van der Waals surface area contributed by atoms with Crippen molar-refractivity contribution in [2.45, 2.75) is 29.5 Å². The first-order valence-corrected chi connectivity index (χ1v) is 8.86. The van der Waals surface area contributed by atoms with Crippen LogP contribution in [0.4, 0.5) is 0 Å². The van der Waals surface area contributed by atoms with Crippen LogP contribution < -0.4 is 0 Å². The molecule has 2 rings (SSSR count). The van der Waals surface area contributed by atoms with Gasteiger partial charge in [-0.2, -0.15) is 0 Å². The van der Waals surface area contributed by atoms with Gasteiger partial charge in [-0.1, -0.05) is 47.5 Å². The van der Waals surface area contributed by atoms with E-state index in [1.807, 2.05) is 13.8 Å². The van der Waals surface area contributed by atoms with Crippen LogP contribution in [0.3, 0.4) is 0 Å². The third-order valence-electron chi connectivity index (χ3n) is 3.54. The first-order valence-electron chi connectivity index (χ1n) is 6.88. The molecule has 122 valence electrons. The summed E-state index contributed by atoms with van der Waals surface area (Å²) in [6, 6.07) is 12.7. The summed E-state index contributed by atoms with van der Waals surface area (Å²) in [5.74, 6) is 0. The fourth-order valence-electron chi connectivity index (χ4n) is 2.23. The lowest BCUT2D eigenvalue weighted by Crippen LogP contribution is -2.28. The van der Waals surface area contributed by atoms with E-state index in [1.165, 1.54) is 12.1 Å². The highest BCUT2D eigenvalue weighted by Crippen LogP contribution is 2.35. The molecule has 5 nitrogen and oxygen atoms in total. The van der Waals surface area contributed by atoms with Gasteiger partial charge in [0.05, 0.1) is 4.90 Å². The minimum absolute atomic E-state index is 0.0150. The van der Waals surface area contributed by atoms with Crippen LogP contribution in [0.25, 0.3) is 0 Å². The van der Waals surface area contributed by atoms with E-state index in [1.54, 1.807) is 36.4 Å². The molecule has 0 saturated carbocycles. The Morgan fingerprint density at radius 2 is 1.39 bits per heavy atom. The van der Waals surface area contributed by atoms with Gasteiger partial charge in [0.15, 0.2) is 15.1 Å². The Bertz CT molecular complexity index is 801. The predicted molar refractivity (Wildman–Crippen MR) is 88.9 cm³/mol. The summed E-state index contributed by atoms with van der Waals surface area (Å²) < 4.78 is 25.8. The average molecular weight is 354 g/mol. The second-order valence-electron chi connectivity index (χ2n) is 5.35. The van der Waals surface area contributed by atoms with Gasteiger partial charge in [0.25, 0.3) is 0 Å². The summed E-state index contributed by atoms with van der Waals surface area (Å²) >= 11 is 5.84. The van der Waals surface area contributed by atoms with Gasteiger partial charge in [-0.15, -0.1) is 0 Å². The molecule has 0 fully saturated rings. The minimum atomic E-state index is -4.00. The molecular weight excluding hydrogens is 338 g/mol. The van der Waals surface area contributed by atoms with Gasteiger partial charge in [0.1, 0.15) is 0 Å². The standard InChI is InChI=1S/C16H16ClNO4S/c1-11-3-7-13(8-4-11)15(16(17)18(19)20)23(21,22)14-9-5-12(2)6-10-14/h3-10,15-16H,1-2H3. The second-order valence-corrected chi connectivity index (χ2v) is 7.86. The third-order valence-corrected chi connectivity index (χ3v) is 6.23. The van der Waals surface area contributed by atoms with Gasteiger partial charge < -0.3 is 0 Å². The van der Waals surface area contributed by atoms with Crippen LogP contribution in [-0.4, -0.2) is 18.8 Å². The Kier molecular flexibility index (Phi) is 5.06. The predicted octanol–water partition coefficient (Wildman–Crippen LogP) is 3.66. The van der Waals surface area contributed by atoms with Crippen LogP contribution >= 0.6 is 11.6 Å². The van der Waals surface area contributed by atoms with Crippen molar-refractivity contribution in [3.63, 3.8) is 0 Å². The molecule has 2 unspecified atom stereocenters. The number of nitro groups is 1. The van der Waals surface area contributed by atoms with Crippen LogP contribution in [0, 0.1) is 24.0 Å². The lowest BCUT2D eigenvalue weighted by Gasteiger charge is -2.18. The van der Waals surface area contributed by atoms with Crippen LogP contribution in [0.15, 0.2) is 53.4 Å². The lowest BCUT2D eigenvalue weighted by atomic mass is 10.1. The van der Waals surface area contributed by atoms with E-state index in [9.17, 15) is 18.5 Å². The number of sulfone groups is 1. The van der Waals surface area contributed by atoms with Crippen LogP contribution in [0.5, 0.6) is 0 Å². The van der Waals surface area contributed by atoms with Crippen molar-refractivity contribution < 1.29 is 13.3 Å². The quantitative estimate of drug-likeness (QED) is 0.355. The maximum absolute atomic E-state index is 12.9. The number of aryl methyl sites for hydroxylation is 2. The highest BCUT2D eigenvalue weighted by atomic mass is 35.5. The number of nitrogens with zero attached hydrogens (tertiary/aromatic N) is 1. The van der Waals surface area contributed by atoms with E-state index in [4.69, 9.17) is 11.6 Å². The molecule has 2 aromatic carbocycles. The number of hydrogen-bond donors (Lipinski definition) is 0. The Hall–Kier alpha value is -1.92. The average Bonchev–Trinajstić information content (AvgIpc) is 2.49. The van der Waals surface area contributed by atoms with Crippen molar-refractivity contribution in [3.05, 3.63) is 75.3 Å². The second kappa shape index (κ2) is 6.68. The van der Waals surface area contributed by atoms with Crippen LogP contribution in [0.2, 0.25) is 0 Å². The molecule has 0 heterocycles. The number of hydrogen-bond acceptors (Lipinski definition) is 4. The molecule has 0 aromatic heterocycles. The van der Waals surface area contributed by atoms with Gasteiger partial charge in [-0.3, -0.25) is 10.1 Å². The van der Waals surface area contributed by atoms with Gasteiger partial charge in [0.2, 0.25) is 0 Å². The maximum atomic E-state index is 12.9. The number of halogens is 1. The zero-order chi connectivity index (χ0) is 17.2. The SMILES string of the molecule is Cc1ccc(C(C(Cl)[N+](=O)[O-])S(=O)(=O)c2ccc(C)cc2)cc1. The van der Waals surface area contributed by atoms with E-state index in [2.05, 4.69) is 0 Å². The zero-order valence-corrected chi connectivity index (χ0v) is 14.2. The summed E-state index contributed by atoms with van der Waals surface area (Å²) in [5, 5.41) is 9.67. The topological polar surface area (TPSA) is 77.3 Å². The third kappa shape index (κ3) is 3.71. The van der Waals surface area contributed by atoms with E-state index >= 15 is 0 Å². The summed E-state index contributed by atoms with van der Waals surface area (Å²) in [6.07, 6.45) is 0. The fraction of sp³-hybridized carbons (Fsp3) is 0.250. The van der Waals surface area contributed by atoms with E-state index in [-0.39, 0.29) is 4.90 Å². The molecule has 0 saturated heterocycles. The van der Waals surface area contributed by atoms with Crippen molar-refractivity contribution in [3.8, 4) is 0 Å². The summed E-state index contributed by atoms with van der Waals surface area (Å²) in [7, 11) is -4.00. The van der Waals surface area contributed by atoms with Crippen molar-refractivity contribution in [1.82, 2.24) is 0 Å². The molecule has 0 bridgehead atoms. The van der Waals surface area contributed by atoms with E-state index in [0.717, 1.165) is 11.1 Å². The molecule has 0 N–H and O–H groups in total. The lowest BCUT2D eigenvalue weighted by molar-refractivity contribution is -0.498. The summed E-state index contributed by atoms with van der Waals surface area (Å²) in [4.78, 5) is 10.4. The summed E-state index contributed by atoms with van der Waals surface area (Å²) in [6.45, 7) is 3.67. The van der Waals surface area contributed by atoms with E-state index < -0.39 is 25.5 Å². The van der Waals surface area contributed by atoms with Gasteiger partial charge in [0, 0.05) is 4.92 Å². The molecule has 7 heteroatoms. The molecule has 23 heavy (non-hydrogen) atoms. The molecule has 0 spiro atoms. The molecule has 0 radical (unpaired) electrons. The zero-order valence-electron chi connectivity index (χ0n) is 12.6. The van der Waals surface area contributed by atoms with Crippen molar-refractivity contribution in [1.29, 1.82) is 0 Å². The minimum Gasteiger partial charge on any atom is -0.263 e. The number of rotatable bonds is 5. The fourth-order valence-corrected chi connectivity index (χ4v) is 4.50. The molecule has 0 aliphatic rings. The van der Waals surface area contributed by atoms with Crippen LogP contribution in [-0.2, 0) is 9.84 Å². The molecule has 0 aliphatic carbocycles. The van der Waals surface area contributed by atoms with Crippen molar-refractivity contribution >= 4 is 21.4 Å². The van der Waals surface area contributed by atoms with E-state index in [0.29, 0.717) is 5.56 Å². The highest BCUT2D eigenvalue weighted by Gasteiger charge is 2.42. The Labute approximate surface area is 140 Å². The first kappa shape index (κ1) is 17.4. The molecule has 2 atom stereocenters. The van der Waals surface area contributed by atoms with Gasteiger partial charge in [-0.25, -0.2) is 8.42 Å². The summed E-state index contributed by atoms with van der Waals surface area (Å²) in [5.41, 5.74) is 0.344.